The third-order valence-electron chi connectivity index (χ3n) is 10.5. The minimum Gasteiger partial charge on any atom is -0.309 e. The molecule has 0 amide bonds. The number of alkyl halides is 3. The second-order valence-corrected chi connectivity index (χ2v) is 14.3. The van der Waals surface area contributed by atoms with Crippen LogP contribution in [0.15, 0.2) is 122 Å². The molecule has 0 aliphatic rings. The standard InChI is InChI=1S/C46H32F3N9/c1-25-51-26(2)54-44(53-25)29-13-16-40-35(21-29)32-9-5-7-11-38(32)57(40)42-18-15-31(46(47,48)49)23-37(42)34-19-20-50-24-43(34)58-39-12-8-6-10-33(39)36-22-30(14-17-41(36)58)45-55-27(3)52-28(4)56-45/h5-24H,1-4H3. The van der Waals surface area contributed by atoms with Gasteiger partial charge in [0.05, 0.1) is 45.2 Å². The summed E-state index contributed by atoms with van der Waals surface area (Å²) in [5.41, 5.74) is 6.41. The lowest BCUT2D eigenvalue weighted by atomic mass is 9.99. The summed E-state index contributed by atoms with van der Waals surface area (Å²) >= 11 is 0. The molecule has 0 atom stereocenters. The molecule has 0 saturated heterocycles. The summed E-state index contributed by atoms with van der Waals surface area (Å²) in [5.74, 6) is 3.60. The van der Waals surface area contributed by atoms with Crippen LogP contribution in [0.25, 0.3) is 88.9 Å². The lowest BCUT2D eigenvalue weighted by Crippen LogP contribution is -2.08. The molecular formula is C46H32F3N9. The molecule has 10 rings (SSSR count). The van der Waals surface area contributed by atoms with Crippen molar-refractivity contribution >= 4 is 43.6 Å². The molecule has 0 aliphatic heterocycles. The predicted molar refractivity (Wildman–Crippen MR) is 220 cm³/mol. The van der Waals surface area contributed by atoms with E-state index in [1.165, 1.54) is 6.07 Å². The summed E-state index contributed by atoms with van der Waals surface area (Å²) in [6.45, 7) is 7.34. The van der Waals surface area contributed by atoms with Gasteiger partial charge in [-0.1, -0.05) is 36.4 Å². The van der Waals surface area contributed by atoms with Crippen LogP contribution < -0.4 is 0 Å². The summed E-state index contributed by atoms with van der Waals surface area (Å²) < 4.78 is 48.2. The molecule has 0 aliphatic carbocycles. The maximum absolute atomic E-state index is 14.7. The van der Waals surface area contributed by atoms with Crippen LogP contribution in [-0.2, 0) is 6.18 Å². The Morgan fingerprint density at radius 1 is 0.448 bits per heavy atom. The molecule has 0 N–H and O–H groups in total. The number of hydrogen-bond donors (Lipinski definition) is 0. The molecule has 12 heteroatoms. The van der Waals surface area contributed by atoms with Crippen molar-refractivity contribution in [1.29, 1.82) is 0 Å². The number of benzene rings is 5. The molecule has 5 aromatic carbocycles. The van der Waals surface area contributed by atoms with Gasteiger partial charge in [-0.3, -0.25) is 4.98 Å². The minimum absolute atomic E-state index is 0.390. The molecule has 0 unspecified atom stereocenters. The first-order valence-electron chi connectivity index (χ1n) is 18.6. The predicted octanol–water partition coefficient (Wildman–Crippen LogP) is 10.9. The number of aromatic nitrogens is 9. The highest BCUT2D eigenvalue weighted by Gasteiger charge is 2.32. The summed E-state index contributed by atoms with van der Waals surface area (Å²) in [7, 11) is 0. The largest absolute Gasteiger partial charge is 0.416 e. The van der Waals surface area contributed by atoms with Gasteiger partial charge in [-0.05, 0) is 100 Å². The fraction of sp³-hybridized carbons (Fsp3) is 0.109. The van der Waals surface area contributed by atoms with E-state index in [1.54, 1.807) is 24.5 Å². The third kappa shape index (κ3) is 5.75. The van der Waals surface area contributed by atoms with Gasteiger partial charge in [0.25, 0.3) is 0 Å². The molecule has 5 aromatic heterocycles. The second kappa shape index (κ2) is 13.1. The van der Waals surface area contributed by atoms with E-state index in [0.29, 0.717) is 57.4 Å². The number of hydrogen-bond acceptors (Lipinski definition) is 7. The van der Waals surface area contributed by atoms with Crippen molar-refractivity contribution in [1.82, 2.24) is 44.0 Å². The zero-order chi connectivity index (χ0) is 39.9. The highest BCUT2D eigenvalue weighted by Crippen LogP contribution is 2.43. The topological polar surface area (TPSA) is 100 Å². The summed E-state index contributed by atoms with van der Waals surface area (Å²) in [5, 5.41) is 3.74. The van der Waals surface area contributed by atoms with Crippen molar-refractivity contribution in [3.05, 3.63) is 150 Å². The summed E-state index contributed by atoms with van der Waals surface area (Å²) in [6.07, 6.45) is -1.25. The maximum atomic E-state index is 14.7. The Balaban J connectivity index is 1.23. The number of pyridine rings is 1. The second-order valence-electron chi connectivity index (χ2n) is 14.3. The Labute approximate surface area is 329 Å². The third-order valence-corrected chi connectivity index (χ3v) is 10.5. The van der Waals surface area contributed by atoms with Crippen LogP contribution in [0.1, 0.15) is 28.9 Å². The minimum atomic E-state index is -4.59. The number of fused-ring (bicyclic) bond motifs is 6. The highest BCUT2D eigenvalue weighted by atomic mass is 19.4. The SMILES string of the molecule is Cc1nc(C)nc(-c2ccc3c(c2)c2ccccc2n3-c2ccc(C(F)(F)F)cc2-c2ccncc2-n2c3ccccc3c3cc(-c4nc(C)nc(C)n4)ccc32)n1. The number of nitrogens with zero attached hydrogens (tertiary/aromatic N) is 9. The van der Waals surface area contributed by atoms with Crippen LogP contribution in [0.5, 0.6) is 0 Å². The van der Waals surface area contributed by atoms with Crippen LogP contribution in [-0.4, -0.2) is 44.0 Å². The fourth-order valence-corrected chi connectivity index (χ4v) is 8.15. The Hall–Kier alpha value is -7.34. The van der Waals surface area contributed by atoms with Crippen molar-refractivity contribution < 1.29 is 13.2 Å². The van der Waals surface area contributed by atoms with Crippen LogP contribution in [0, 0.1) is 27.7 Å². The van der Waals surface area contributed by atoms with Gasteiger partial charge in [-0.25, -0.2) is 29.9 Å². The monoisotopic (exact) mass is 767 g/mol. The molecule has 0 fully saturated rings. The maximum Gasteiger partial charge on any atom is 0.416 e. The molecule has 0 spiro atoms. The van der Waals surface area contributed by atoms with Gasteiger partial charge in [0.2, 0.25) is 0 Å². The molecule has 0 bridgehead atoms. The van der Waals surface area contributed by atoms with Crippen molar-refractivity contribution in [2.75, 3.05) is 0 Å². The first-order valence-corrected chi connectivity index (χ1v) is 18.6. The number of halogens is 3. The highest BCUT2D eigenvalue weighted by molar-refractivity contribution is 6.12. The van der Waals surface area contributed by atoms with E-state index >= 15 is 0 Å². The Kier molecular flexibility index (Phi) is 7.94. The van der Waals surface area contributed by atoms with E-state index in [2.05, 4.69) is 45.5 Å². The van der Waals surface area contributed by atoms with Crippen LogP contribution in [0.3, 0.4) is 0 Å². The smallest absolute Gasteiger partial charge is 0.309 e. The fourth-order valence-electron chi connectivity index (χ4n) is 8.15. The van der Waals surface area contributed by atoms with Crippen molar-refractivity contribution in [3.63, 3.8) is 0 Å². The number of para-hydroxylation sites is 2. The molecule has 282 valence electrons. The van der Waals surface area contributed by atoms with Crippen molar-refractivity contribution in [2.24, 2.45) is 0 Å². The van der Waals surface area contributed by atoms with Gasteiger partial charge in [0.15, 0.2) is 11.6 Å². The quantitative estimate of drug-likeness (QED) is 0.172. The van der Waals surface area contributed by atoms with E-state index in [4.69, 9.17) is 0 Å². The normalized spacial score (nSPS) is 12.1. The number of aryl methyl sites for hydroxylation is 4. The van der Waals surface area contributed by atoms with E-state index in [0.717, 1.165) is 60.8 Å². The van der Waals surface area contributed by atoms with E-state index in [9.17, 15) is 13.2 Å². The van der Waals surface area contributed by atoms with Gasteiger partial charge in [0, 0.05) is 50.0 Å². The van der Waals surface area contributed by atoms with Gasteiger partial charge in [-0.15, -0.1) is 0 Å². The van der Waals surface area contributed by atoms with Crippen LogP contribution in [0.4, 0.5) is 13.2 Å². The Bertz CT molecular complexity index is 3250. The first-order chi connectivity index (χ1) is 28.0. The zero-order valence-corrected chi connectivity index (χ0v) is 31.7. The van der Waals surface area contributed by atoms with Gasteiger partial charge < -0.3 is 9.13 Å². The van der Waals surface area contributed by atoms with Gasteiger partial charge in [-0.2, -0.15) is 13.2 Å². The average Bonchev–Trinajstić information content (AvgIpc) is 3.71. The first kappa shape index (κ1) is 35.1. The van der Waals surface area contributed by atoms with Crippen molar-refractivity contribution in [2.45, 2.75) is 33.9 Å². The lowest BCUT2D eigenvalue weighted by Gasteiger charge is -2.20. The van der Waals surface area contributed by atoms with E-state index in [-0.39, 0.29) is 0 Å². The summed E-state index contributed by atoms with van der Waals surface area (Å²) in [6, 6.07) is 33.6. The zero-order valence-electron chi connectivity index (χ0n) is 31.7. The van der Waals surface area contributed by atoms with E-state index < -0.39 is 11.7 Å². The molecule has 5 heterocycles. The molecule has 0 radical (unpaired) electrons. The molecule has 9 nitrogen and oxygen atoms in total. The summed E-state index contributed by atoms with van der Waals surface area (Å²) in [4.78, 5) is 31.6. The van der Waals surface area contributed by atoms with Crippen LogP contribution in [0.2, 0.25) is 0 Å². The lowest BCUT2D eigenvalue weighted by molar-refractivity contribution is -0.137. The van der Waals surface area contributed by atoms with Gasteiger partial charge >= 0.3 is 6.18 Å². The van der Waals surface area contributed by atoms with E-state index in [1.807, 2.05) is 111 Å². The molecule has 58 heavy (non-hydrogen) atoms. The molecule has 10 aromatic rings. The van der Waals surface area contributed by atoms with Gasteiger partial charge in [0.1, 0.15) is 23.3 Å². The van der Waals surface area contributed by atoms with Crippen LogP contribution >= 0.6 is 0 Å². The molecular weight excluding hydrogens is 736 g/mol. The Morgan fingerprint density at radius 2 is 0.931 bits per heavy atom. The number of rotatable bonds is 5. The molecule has 0 saturated carbocycles. The average molecular weight is 768 g/mol. The van der Waals surface area contributed by atoms with Crippen molar-refractivity contribution in [3.8, 4) is 45.3 Å². The Morgan fingerprint density at radius 3 is 1.45 bits per heavy atom.